The maximum absolute atomic E-state index is 12.1. The average molecular weight is 343 g/mol. The summed E-state index contributed by atoms with van der Waals surface area (Å²) in [6.45, 7) is 3.86. The number of nitriles is 1. The molecule has 2 N–H and O–H groups in total. The molecule has 0 aliphatic carbocycles. The van der Waals surface area contributed by atoms with E-state index in [9.17, 15) is 4.21 Å². The van der Waals surface area contributed by atoms with Crippen LogP contribution in [0.2, 0.25) is 0 Å². The van der Waals surface area contributed by atoms with Crippen molar-refractivity contribution in [3.05, 3.63) is 22.7 Å². The molecular weight excluding hydrogens is 324 g/mol. The van der Waals surface area contributed by atoms with E-state index in [0.717, 1.165) is 28.6 Å². The molecule has 1 rings (SSSR count). The molecule has 0 aliphatic rings. The molecule has 1 aromatic rings. The number of anilines is 1. The Morgan fingerprint density at radius 2 is 2.11 bits per heavy atom. The Bertz CT molecular complexity index is 509. The van der Waals surface area contributed by atoms with Gasteiger partial charge in [-0.3, -0.25) is 4.21 Å². The van der Waals surface area contributed by atoms with Gasteiger partial charge in [0.25, 0.3) is 0 Å². The van der Waals surface area contributed by atoms with E-state index >= 15 is 0 Å². The van der Waals surface area contributed by atoms with Crippen molar-refractivity contribution < 1.29 is 4.21 Å². The second kappa shape index (κ2) is 7.06. The van der Waals surface area contributed by atoms with E-state index in [1.165, 1.54) is 0 Å². The second-order valence-electron chi connectivity index (χ2n) is 5.19. The molecule has 1 aromatic carbocycles. The Kier molecular flexibility index (Phi) is 6.02. The lowest BCUT2D eigenvalue weighted by Gasteiger charge is -2.14. The van der Waals surface area contributed by atoms with Gasteiger partial charge in [-0.1, -0.05) is 6.42 Å². The first-order chi connectivity index (χ1) is 8.85. The van der Waals surface area contributed by atoms with Crippen molar-refractivity contribution in [2.24, 2.45) is 5.41 Å². The molecule has 1 unspecified atom stereocenters. The fourth-order valence-corrected chi connectivity index (χ4v) is 3.79. The van der Waals surface area contributed by atoms with Gasteiger partial charge < -0.3 is 5.73 Å². The number of nitrogens with zero attached hydrogens (tertiary/aromatic N) is 1. The smallest absolute Gasteiger partial charge is 0.0683 e. The summed E-state index contributed by atoms with van der Waals surface area (Å²) in [7, 11) is -1.02. The van der Waals surface area contributed by atoms with Gasteiger partial charge in [0.15, 0.2) is 0 Å². The van der Waals surface area contributed by atoms with E-state index in [1.54, 1.807) is 18.2 Å². The van der Waals surface area contributed by atoms with E-state index in [-0.39, 0.29) is 5.41 Å². The maximum Gasteiger partial charge on any atom is 0.0683 e. The van der Waals surface area contributed by atoms with Gasteiger partial charge in [-0.15, -0.1) is 0 Å². The highest BCUT2D eigenvalue weighted by molar-refractivity contribution is 9.10. The number of nitrogen functional groups attached to an aromatic ring is 1. The van der Waals surface area contributed by atoms with Crippen LogP contribution in [0.1, 0.15) is 33.1 Å². The molecule has 0 saturated carbocycles. The summed E-state index contributed by atoms with van der Waals surface area (Å²) >= 11 is 3.38. The summed E-state index contributed by atoms with van der Waals surface area (Å²) in [5.41, 5.74) is 6.02. The van der Waals surface area contributed by atoms with Gasteiger partial charge in [-0.05, 0) is 60.8 Å². The summed E-state index contributed by atoms with van der Waals surface area (Å²) in [4.78, 5) is 0.786. The predicted octanol–water partition coefficient (Wildman–Crippen LogP) is 3.86. The number of nitrogens with two attached hydrogens (primary N) is 1. The SMILES string of the molecule is CC(C)(C#N)CCCCS(=O)c1ccc(N)cc1Br. The number of halogens is 1. The fourth-order valence-electron chi connectivity index (χ4n) is 1.67. The number of rotatable bonds is 6. The zero-order valence-corrected chi connectivity index (χ0v) is 13.7. The minimum atomic E-state index is -1.02. The highest BCUT2D eigenvalue weighted by atomic mass is 79.9. The van der Waals surface area contributed by atoms with Crippen LogP contribution >= 0.6 is 15.9 Å². The van der Waals surface area contributed by atoms with Gasteiger partial charge in [-0.25, -0.2) is 0 Å². The van der Waals surface area contributed by atoms with E-state index in [1.807, 2.05) is 13.8 Å². The molecule has 0 aromatic heterocycles. The van der Waals surface area contributed by atoms with Crippen LogP contribution in [-0.4, -0.2) is 9.96 Å². The van der Waals surface area contributed by atoms with Crippen LogP contribution in [0, 0.1) is 16.7 Å². The summed E-state index contributed by atoms with van der Waals surface area (Å²) in [6.07, 6.45) is 2.61. The van der Waals surface area contributed by atoms with Crippen molar-refractivity contribution in [3.63, 3.8) is 0 Å². The molecule has 0 aliphatic heterocycles. The summed E-state index contributed by atoms with van der Waals surface area (Å²) in [5, 5.41) is 8.91. The third-order valence-corrected chi connectivity index (χ3v) is 5.31. The minimum Gasteiger partial charge on any atom is -0.399 e. The molecule has 3 nitrogen and oxygen atoms in total. The first kappa shape index (κ1) is 16.2. The van der Waals surface area contributed by atoms with Crippen molar-refractivity contribution in [2.45, 2.75) is 38.0 Å². The highest BCUT2D eigenvalue weighted by Gasteiger charge is 2.16. The molecule has 104 valence electrons. The van der Waals surface area contributed by atoms with E-state index < -0.39 is 10.8 Å². The minimum absolute atomic E-state index is 0.288. The summed E-state index contributed by atoms with van der Waals surface area (Å²) in [6, 6.07) is 7.61. The number of hydrogen-bond donors (Lipinski definition) is 1. The van der Waals surface area contributed by atoms with Crippen LogP contribution in [0.5, 0.6) is 0 Å². The molecule has 0 heterocycles. The predicted molar refractivity (Wildman–Crippen MR) is 83.1 cm³/mol. The maximum atomic E-state index is 12.1. The fraction of sp³-hybridized carbons (Fsp3) is 0.500. The molecule has 0 radical (unpaired) electrons. The zero-order valence-electron chi connectivity index (χ0n) is 11.3. The van der Waals surface area contributed by atoms with Crippen LogP contribution in [0.15, 0.2) is 27.6 Å². The van der Waals surface area contributed by atoms with Crippen LogP contribution < -0.4 is 5.73 Å². The topological polar surface area (TPSA) is 66.9 Å². The third-order valence-electron chi connectivity index (χ3n) is 2.89. The van der Waals surface area contributed by atoms with Gasteiger partial charge in [0.2, 0.25) is 0 Å². The Labute approximate surface area is 125 Å². The number of unbranched alkanes of at least 4 members (excludes halogenated alkanes) is 1. The van der Waals surface area contributed by atoms with Gasteiger partial charge in [-0.2, -0.15) is 5.26 Å². The zero-order chi connectivity index (χ0) is 14.5. The van der Waals surface area contributed by atoms with Gasteiger partial charge >= 0.3 is 0 Å². The van der Waals surface area contributed by atoms with Gasteiger partial charge in [0, 0.05) is 15.9 Å². The second-order valence-corrected chi connectivity index (χ2v) is 7.59. The lowest BCUT2D eigenvalue weighted by Crippen LogP contribution is -2.08. The van der Waals surface area contributed by atoms with Crippen molar-refractivity contribution >= 4 is 32.4 Å². The van der Waals surface area contributed by atoms with E-state index in [4.69, 9.17) is 11.0 Å². The van der Waals surface area contributed by atoms with E-state index in [2.05, 4.69) is 22.0 Å². The van der Waals surface area contributed by atoms with E-state index in [0.29, 0.717) is 11.4 Å². The van der Waals surface area contributed by atoms with Crippen molar-refractivity contribution in [1.29, 1.82) is 5.26 Å². The van der Waals surface area contributed by atoms with Crippen molar-refractivity contribution in [3.8, 4) is 6.07 Å². The first-order valence-corrected chi connectivity index (χ1v) is 8.31. The molecule has 0 bridgehead atoms. The highest BCUT2D eigenvalue weighted by Crippen LogP contribution is 2.25. The Morgan fingerprint density at radius 1 is 1.42 bits per heavy atom. The molecule has 0 fully saturated rings. The lowest BCUT2D eigenvalue weighted by molar-refractivity contribution is 0.432. The molecular formula is C14H19BrN2OS. The van der Waals surface area contributed by atoms with Crippen LogP contribution in [0.3, 0.4) is 0 Å². The average Bonchev–Trinajstić information content (AvgIpc) is 2.34. The molecule has 0 saturated heterocycles. The standard InChI is InChI=1S/C14H19BrN2OS/c1-14(2,10-16)7-3-4-8-19(18)13-6-5-11(17)9-12(13)15/h5-6,9H,3-4,7-8,17H2,1-2H3. The van der Waals surface area contributed by atoms with Crippen LogP contribution in [0.4, 0.5) is 5.69 Å². The molecule has 0 spiro atoms. The Morgan fingerprint density at radius 3 is 2.68 bits per heavy atom. The quantitative estimate of drug-likeness (QED) is 0.630. The van der Waals surface area contributed by atoms with Crippen molar-refractivity contribution in [1.82, 2.24) is 0 Å². The Balaban J connectivity index is 2.46. The third kappa shape index (κ3) is 5.33. The number of hydrogen-bond acceptors (Lipinski definition) is 3. The van der Waals surface area contributed by atoms with Crippen LogP contribution in [0.25, 0.3) is 0 Å². The summed E-state index contributed by atoms with van der Waals surface area (Å²) < 4.78 is 12.9. The molecule has 19 heavy (non-hydrogen) atoms. The van der Waals surface area contributed by atoms with Gasteiger partial charge in [0.1, 0.15) is 0 Å². The lowest BCUT2D eigenvalue weighted by atomic mass is 9.89. The first-order valence-electron chi connectivity index (χ1n) is 6.20. The monoisotopic (exact) mass is 342 g/mol. The molecule has 1 atom stereocenters. The largest absolute Gasteiger partial charge is 0.399 e. The van der Waals surface area contributed by atoms with Crippen LogP contribution in [-0.2, 0) is 10.8 Å². The summed E-state index contributed by atoms with van der Waals surface area (Å²) in [5.74, 6) is 0.615. The number of benzene rings is 1. The normalized spacial score (nSPS) is 12.9. The van der Waals surface area contributed by atoms with Gasteiger partial charge in [0.05, 0.1) is 27.2 Å². The Hall–Kier alpha value is -0.860. The van der Waals surface area contributed by atoms with Crippen molar-refractivity contribution in [2.75, 3.05) is 11.5 Å². The molecule has 5 heteroatoms. The molecule has 0 amide bonds.